The first-order valence-corrected chi connectivity index (χ1v) is 6.85. The molecule has 0 aliphatic carbocycles. The second-order valence-electron chi connectivity index (χ2n) is 5.21. The van der Waals surface area contributed by atoms with Gasteiger partial charge in [0.15, 0.2) is 5.82 Å². The van der Waals surface area contributed by atoms with Gasteiger partial charge in [0, 0.05) is 39.6 Å². The summed E-state index contributed by atoms with van der Waals surface area (Å²) in [5.41, 5.74) is 2.18. The smallest absolute Gasteiger partial charge is 0.321 e. The minimum absolute atomic E-state index is 0.119. The summed E-state index contributed by atoms with van der Waals surface area (Å²) in [6.45, 7) is 0.431. The largest absolute Gasteiger partial charge is 0.378 e. The maximum Gasteiger partial charge on any atom is 0.321 e. The molecular formula is C16H19FN4O. The molecule has 1 heterocycles. The van der Waals surface area contributed by atoms with Crippen LogP contribution in [0.4, 0.5) is 20.6 Å². The van der Waals surface area contributed by atoms with Gasteiger partial charge in [0.2, 0.25) is 0 Å². The Kier molecular flexibility index (Phi) is 4.93. The van der Waals surface area contributed by atoms with Gasteiger partial charge in [0.25, 0.3) is 0 Å². The number of pyridine rings is 1. The van der Waals surface area contributed by atoms with Crippen LogP contribution in [0.2, 0.25) is 0 Å². The van der Waals surface area contributed by atoms with Crippen LogP contribution >= 0.6 is 0 Å². The van der Waals surface area contributed by atoms with Crippen molar-refractivity contribution < 1.29 is 9.18 Å². The number of anilines is 2. The monoisotopic (exact) mass is 302 g/mol. The van der Waals surface area contributed by atoms with Crippen LogP contribution in [0.5, 0.6) is 0 Å². The topological polar surface area (TPSA) is 48.5 Å². The van der Waals surface area contributed by atoms with Gasteiger partial charge >= 0.3 is 6.03 Å². The summed E-state index contributed by atoms with van der Waals surface area (Å²) >= 11 is 0. The highest BCUT2D eigenvalue weighted by molar-refractivity contribution is 5.89. The third-order valence-corrected chi connectivity index (χ3v) is 3.21. The quantitative estimate of drug-likeness (QED) is 0.944. The Hall–Kier alpha value is -2.63. The summed E-state index contributed by atoms with van der Waals surface area (Å²) in [5.74, 6) is -0.557. The summed E-state index contributed by atoms with van der Waals surface area (Å²) < 4.78 is 13.5. The van der Waals surface area contributed by atoms with E-state index in [1.165, 1.54) is 17.2 Å². The first-order valence-electron chi connectivity index (χ1n) is 6.85. The van der Waals surface area contributed by atoms with E-state index in [9.17, 15) is 9.18 Å². The number of carbonyl (C=O) groups excluding carboxylic acids is 1. The lowest BCUT2D eigenvalue weighted by molar-refractivity contribution is 0.220. The molecule has 1 N–H and O–H groups in total. The number of hydrogen-bond donors (Lipinski definition) is 1. The zero-order valence-corrected chi connectivity index (χ0v) is 12.9. The van der Waals surface area contributed by atoms with E-state index in [4.69, 9.17) is 0 Å². The molecule has 0 fully saturated rings. The molecule has 5 nitrogen and oxygen atoms in total. The van der Waals surface area contributed by atoms with Gasteiger partial charge in [0.05, 0.1) is 11.9 Å². The van der Waals surface area contributed by atoms with E-state index in [0.717, 1.165) is 17.4 Å². The molecule has 2 amide bonds. The molecule has 2 rings (SSSR count). The van der Waals surface area contributed by atoms with Crippen molar-refractivity contribution in [2.75, 3.05) is 31.4 Å². The van der Waals surface area contributed by atoms with E-state index in [1.54, 1.807) is 7.05 Å². The Morgan fingerprint density at radius 1 is 1.27 bits per heavy atom. The summed E-state index contributed by atoms with van der Waals surface area (Å²) in [4.78, 5) is 19.2. The molecule has 1 aromatic heterocycles. The Bertz CT molecular complexity index is 660. The maximum absolute atomic E-state index is 13.5. The fraction of sp³-hybridized carbons (Fsp3) is 0.250. The van der Waals surface area contributed by atoms with Crippen LogP contribution in [0.25, 0.3) is 0 Å². The summed E-state index contributed by atoms with van der Waals surface area (Å²) in [6, 6.07) is 8.95. The molecular weight excluding hydrogens is 283 g/mol. The van der Waals surface area contributed by atoms with Crippen molar-refractivity contribution in [1.29, 1.82) is 0 Å². The first kappa shape index (κ1) is 15.8. The standard InChI is InChI=1S/C16H19FN4O/c1-20(2)13-6-4-5-12(9-13)11-21(3)16(22)19-15-7-8-18-10-14(15)17/h4-10H,11H2,1-3H3,(H,18,19,22). The van der Waals surface area contributed by atoms with Crippen LogP contribution in [-0.2, 0) is 6.54 Å². The number of halogens is 1. The van der Waals surface area contributed by atoms with Crippen molar-refractivity contribution in [3.63, 3.8) is 0 Å². The van der Waals surface area contributed by atoms with Crippen molar-refractivity contribution in [2.24, 2.45) is 0 Å². The zero-order valence-electron chi connectivity index (χ0n) is 12.9. The highest BCUT2D eigenvalue weighted by Gasteiger charge is 2.12. The Labute approximate surface area is 129 Å². The normalized spacial score (nSPS) is 10.2. The van der Waals surface area contributed by atoms with Gasteiger partial charge in [-0.25, -0.2) is 9.18 Å². The van der Waals surface area contributed by atoms with E-state index in [-0.39, 0.29) is 11.7 Å². The highest BCUT2D eigenvalue weighted by Crippen LogP contribution is 2.16. The van der Waals surface area contributed by atoms with Crippen molar-refractivity contribution >= 4 is 17.4 Å². The van der Waals surface area contributed by atoms with Gasteiger partial charge in [-0.1, -0.05) is 12.1 Å². The lowest BCUT2D eigenvalue weighted by Gasteiger charge is -2.19. The van der Waals surface area contributed by atoms with E-state index in [1.807, 2.05) is 43.3 Å². The predicted molar refractivity (Wildman–Crippen MR) is 85.4 cm³/mol. The van der Waals surface area contributed by atoms with Gasteiger partial charge in [-0.3, -0.25) is 4.98 Å². The Morgan fingerprint density at radius 2 is 2.05 bits per heavy atom. The van der Waals surface area contributed by atoms with Gasteiger partial charge in [0.1, 0.15) is 0 Å². The number of nitrogens with one attached hydrogen (secondary N) is 1. The fourth-order valence-corrected chi connectivity index (χ4v) is 1.97. The molecule has 0 aliphatic heterocycles. The van der Waals surface area contributed by atoms with E-state index < -0.39 is 5.82 Å². The molecule has 0 saturated heterocycles. The third kappa shape index (κ3) is 3.94. The van der Waals surface area contributed by atoms with Crippen LogP contribution in [0, 0.1) is 5.82 Å². The second-order valence-corrected chi connectivity index (χ2v) is 5.21. The zero-order chi connectivity index (χ0) is 16.1. The second kappa shape index (κ2) is 6.89. The molecule has 0 spiro atoms. The highest BCUT2D eigenvalue weighted by atomic mass is 19.1. The van der Waals surface area contributed by atoms with Crippen LogP contribution in [0.1, 0.15) is 5.56 Å². The minimum atomic E-state index is -0.557. The molecule has 0 atom stereocenters. The third-order valence-electron chi connectivity index (χ3n) is 3.21. The van der Waals surface area contributed by atoms with Crippen molar-refractivity contribution in [1.82, 2.24) is 9.88 Å². The van der Waals surface area contributed by atoms with Gasteiger partial charge in [-0.15, -0.1) is 0 Å². The van der Waals surface area contributed by atoms with Crippen molar-refractivity contribution in [3.05, 3.63) is 54.1 Å². The number of hydrogen-bond acceptors (Lipinski definition) is 3. The Balaban J connectivity index is 2.02. The number of urea groups is 1. The fourth-order valence-electron chi connectivity index (χ4n) is 1.97. The van der Waals surface area contributed by atoms with Gasteiger partial charge in [-0.05, 0) is 23.8 Å². The van der Waals surface area contributed by atoms with Gasteiger partial charge < -0.3 is 15.1 Å². The number of carbonyl (C=O) groups is 1. The van der Waals surface area contributed by atoms with Crippen LogP contribution in [0.3, 0.4) is 0 Å². The van der Waals surface area contributed by atoms with Crippen molar-refractivity contribution in [2.45, 2.75) is 6.54 Å². The van der Waals surface area contributed by atoms with Crippen molar-refractivity contribution in [3.8, 4) is 0 Å². The average Bonchev–Trinajstić information content (AvgIpc) is 2.49. The average molecular weight is 302 g/mol. The summed E-state index contributed by atoms with van der Waals surface area (Å²) in [7, 11) is 5.58. The molecule has 0 radical (unpaired) electrons. The van der Waals surface area contributed by atoms with Gasteiger partial charge in [-0.2, -0.15) is 0 Å². The van der Waals surface area contributed by atoms with E-state index >= 15 is 0 Å². The van der Waals surface area contributed by atoms with Crippen LogP contribution < -0.4 is 10.2 Å². The maximum atomic E-state index is 13.5. The molecule has 0 aliphatic rings. The molecule has 6 heteroatoms. The molecule has 0 bridgehead atoms. The van der Waals surface area contributed by atoms with E-state index in [2.05, 4.69) is 10.3 Å². The SMILES string of the molecule is CN(Cc1cccc(N(C)C)c1)C(=O)Nc1ccncc1F. The van der Waals surface area contributed by atoms with Crippen LogP contribution in [-0.4, -0.2) is 37.1 Å². The number of rotatable bonds is 4. The molecule has 22 heavy (non-hydrogen) atoms. The lowest BCUT2D eigenvalue weighted by atomic mass is 10.2. The van der Waals surface area contributed by atoms with Crippen LogP contribution in [0.15, 0.2) is 42.7 Å². The van der Waals surface area contributed by atoms with E-state index in [0.29, 0.717) is 6.54 Å². The molecule has 2 aromatic rings. The molecule has 0 saturated carbocycles. The molecule has 1 aromatic carbocycles. The number of aromatic nitrogens is 1. The summed E-state index contributed by atoms with van der Waals surface area (Å²) in [5, 5.41) is 2.53. The minimum Gasteiger partial charge on any atom is -0.378 e. The molecule has 116 valence electrons. The number of nitrogens with zero attached hydrogens (tertiary/aromatic N) is 3. The Morgan fingerprint density at radius 3 is 2.73 bits per heavy atom. The summed E-state index contributed by atoms with van der Waals surface area (Å²) in [6.07, 6.45) is 2.50. The number of benzene rings is 1. The predicted octanol–water partition coefficient (Wildman–Crippen LogP) is 2.95. The first-order chi connectivity index (χ1) is 10.5. The molecule has 0 unspecified atom stereocenters. The number of amides is 2. The lowest BCUT2D eigenvalue weighted by Crippen LogP contribution is -2.31.